The van der Waals surface area contributed by atoms with Crippen molar-refractivity contribution >= 4 is 35.3 Å². The molecule has 4 bridgehead atoms. The predicted molar refractivity (Wildman–Crippen MR) is 178 cm³/mol. The second-order valence-corrected chi connectivity index (χ2v) is 13.6. The molecule has 2 amide bonds. The van der Waals surface area contributed by atoms with E-state index in [-0.39, 0.29) is 18.7 Å². The average Bonchev–Trinajstić information content (AvgIpc) is 3.73. The molecule has 2 fully saturated rings. The number of carbonyl (C=O) groups is 3. The van der Waals surface area contributed by atoms with E-state index in [4.69, 9.17) is 35.3 Å². The van der Waals surface area contributed by atoms with E-state index in [2.05, 4.69) is 5.32 Å². The van der Waals surface area contributed by atoms with Crippen LogP contribution in [-0.4, -0.2) is 109 Å². The number of carbonyl (C=O) groups excluding carboxylic acids is 3. The monoisotopic (exact) mass is 693 g/mol. The van der Waals surface area contributed by atoms with E-state index >= 15 is 0 Å². The summed E-state index contributed by atoms with van der Waals surface area (Å²) in [5.74, 6) is -1.08. The van der Waals surface area contributed by atoms with Gasteiger partial charge in [-0.25, -0.2) is 9.59 Å². The molecule has 14 heteroatoms. The maximum atomic E-state index is 13.4. The van der Waals surface area contributed by atoms with Gasteiger partial charge in [-0.05, 0) is 44.9 Å². The number of rotatable bonds is 5. The van der Waals surface area contributed by atoms with E-state index in [1.165, 1.54) is 33.1 Å². The first-order valence-corrected chi connectivity index (χ1v) is 16.3. The Morgan fingerprint density at radius 1 is 1.27 bits per heavy atom. The fourth-order valence-electron chi connectivity index (χ4n) is 6.41. The van der Waals surface area contributed by atoms with Crippen LogP contribution in [0.2, 0.25) is 5.02 Å². The van der Waals surface area contributed by atoms with E-state index < -0.39 is 66.0 Å². The summed E-state index contributed by atoms with van der Waals surface area (Å²) in [5.41, 5.74) is -0.633. The molecule has 48 heavy (non-hydrogen) atoms. The minimum Gasteiger partial charge on any atom is -0.495 e. The molecule has 1 aromatic rings. The molecule has 2 unspecified atom stereocenters. The molecule has 3 aliphatic heterocycles. The molecule has 2 saturated heterocycles. The number of hydrogen-bond acceptors (Lipinski definition) is 11. The van der Waals surface area contributed by atoms with Gasteiger partial charge < -0.3 is 43.7 Å². The number of ether oxygens (including phenoxy) is 5. The summed E-state index contributed by atoms with van der Waals surface area (Å²) in [6, 6.07) is 2.75. The van der Waals surface area contributed by atoms with Crippen molar-refractivity contribution < 1.29 is 48.3 Å². The first-order valence-electron chi connectivity index (χ1n) is 15.9. The minimum absolute atomic E-state index is 0.0260. The van der Waals surface area contributed by atoms with Crippen molar-refractivity contribution in [1.29, 1.82) is 0 Å². The van der Waals surface area contributed by atoms with E-state index in [9.17, 15) is 24.6 Å². The molecule has 0 spiro atoms. The molecule has 13 nitrogen and oxygen atoms in total. The first kappa shape index (κ1) is 37.5. The van der Waals surface area contributed by atoms with Crippen molar-refractivity contribution in [2.45, 2.75) is 102 Å². The van der Waals surface area contributed by atoms with Crippen LogP contribution in [0.4, 0.5) is 10.5 Å². The molecule has 3 N–H and O–H groups in total. The van der Waals surface area contributed by atoms with Crippen LogP contribution in [0.15, 0.2) is 35.9 Å². The number of methoxy groups -OCH3 is 2. The van der Waals surface area contributed by atoms with E-state index in [1.807, 2.05) is 32.1 Å². The van der Waals surface area contributed by atoms with Gasteiger partial charge in [-0.3, -0.25) is 10.1 Å². The lowest BCUT2D eigenvalue weighted by molar-refractivity contribution is -0.162. The van der Waals surface area contributed by atoms with E-state index in [1.54, 1.807) is 37.9 Å². The summed E-state index contributed by atoms with van der Waals surface area (Å²) in [6.45, 7) is 8.40. The molecule has 0 aromatic heterocycles. The Balaban J connectivity index is 1.79. The van der Waals surface area contributed by atoms with E-state index in [0.29, 0.717) is 22.9 Å². The van der Waals surface area contributed by atoms with Crippen LogP contribution >= 0.6 is 11.6 Å². The summed E-state index contributed by atoms with van der Waals surface area (Å²) in [4.78, 5) is 41.0. The molecule has 1 aromatic carbocycles. The van der Waals surface area contributed by atoms with Crippen molar-refractivity contribution in [2.24, 2.45) is 5.92 Å². The Morgan fingerprint density at radius 3 is 2.58 bits per heavy atom. The fraction of sp³-hybridized carbons (Fsp3) is 0.618. The number of aliphatic hydroxyl groups excluding tert-OH is 1. The number of anilines is 1. The zero-order valence-electron chi connectivity index (χ0n) is 29.0. The number of nitrogens with zero attached hydrogens (tertiary/aromatic N) is 2. The van der Waals surface area contributed by atoms with Gasteiger partial charge in [0.25, 0.3) is 0 Å². The predicted octanol–water partition coefficient (Wildman–Crippen LogP) is 3.33. The number of hydrogen-bond donors (Lipinski definition) is 3. The highest BCUT2D eigenvalue weighted by atomic mass is 35.5. The number of likely N-dealkylation sites (N-methyl/N-ethyl adjacent to an activating group) is 1. The molecule has 0 saturated carbocycles. The average molecular weight is 694 g/mol. The molecule has 0 radical (unpaired) electrons. The zero-order valence-corrected chi connectivity index (χ0v) is 29.7. The van der Waals surface area contributed by atoms with Crippen LogP contribution in [-0.2, 0) is 35.0 Å². The third-order valence-electron chi connectivity index (χ3n) is 9.78. The van der Waals surface area contributed by atoms with Crippen molar-refractivity contribution in [2.75, 3.05) is 33.2 Å². The Kier molecular flexibility index (Phi) is 11.4. The molecule has 4 rings (SSSR count). The van der Waals surface area contributed by atoms with Gasteiger partial charge in [-0.1, -0.05) is 42.3 Å². The largest absolute Gasteiger partial charge is 0.495 e. The number of nitrogens with one attached hydrogen (secondary N) is 1. The van der Waals surface area contributed by atoms with Crippen molar-refractivity contribution in [3.8, 4) is 5.75 Å². The fourth-order valence-corrected chi connectivity index (χ4v) is 6.73. The lowest BCUT2D eigenvalue weighted by Gasteiger charge is -2.42. The smallest absolute Gasteiger partial charge is 0.409 e. The summed E-state index contributed by atoms with van der Waals surface area (Å²) in [5, 5.41) is 26.1. The van der Waals surface area contributed by atoms with Crippen LogP contribution < -0.4 is 15.0 Å². The molecule has 3 heterocycles. The second-order valence-electron chi connectivity index (χ2n) is 13.2. The highest BCUT2D eigenvalue weighted by Crippen LogP contribution is 2.49. The van der Waals surface area contributed by atoms with Crippen LogP contribution in [0.5, 0.6) is 5.75 Å². The number of epoxide rings is 1. The number of benzene rings is 1. The SMILES string of the molecule is COc1cc2cc(c1Cl)N(C)C(O)C[C@H](OC(=O)[C@H](C)N(C)C(C)=O)C1(C)O[C@H]1[C@H](C)[C@@H]1C[C@@](O)(NC(=O)O1)[C@H](OC)/C=C/C=C(\C)C2. The van der Waals surface area contributed by atoms with E-state index in [0.717, 1.165) is 11.1 Å². The molecule has 266 valence electrons. The Labute approximate surface area is 286 Å². The van der Waals surface area contributed by atoms with Crippen LogP contribution in [0.1, 0.15) is 53.0 Å². The minimum atomic E-state index is -1.80. The first-order chi connectivity index (χ1) is 22.4. The van der Waals surface area contributed by atoms with Gasteiger partial charge in [0.05, 0.1) is 18.9 Å². The molecule has 9 atom stereocenters. The van der Waals surface area contributed by atoms with Crippen molar-refractivity contribution in [1.82, 2.24) is 10.2 Å². The molecule has 3 aliphatic rings. The van der Waals surface area contributed by atoms with Crippen LogP contribution in [0, 0.1) is 5.92 Å². The third kappa shape index (κ3) is 7.76. The number of fused-ring (bicyclic) bond motifs is 5. The number of esters is 1. The summed E-state index contributed by atoms with van der Waals surface area (Å²) >= 11 is 6.75. The van der Waals surface area contributed by atoms with Crippen molar-refractivity contribution in [3.63, 3.8) is 0 Å². The maximum Gasteiger partial charge on any atom is 0.409 e. The summed E-state index contributed by atoms with van der Waals surface area (Å²) < 4.78 is 29.1. The van der Waals surface area contributed by atoms with Gasteiger partial charge in [-0.2, -0.15) is 0 Å². The Hall–Kier alpha value is -3.36. The van der Waals surface area contributed by atoms with Crippen LogP contribution in [0.25, 0.3) is 0 Å². The lowest BCUT2D eigenvalue weighted by atomic mass is 9.83. The number of halogens is 1. The van der Waals surface area contributed by atoms with Gasteiger partial charge in [0, 0.05) is 46.9 Å². The summed E-state index contributed by atoms with van der Waals surface area (Å²) in [7, 11) is 6.11. The van der Waals surface area contributed by atoms with Gasteiger partial charge in [0.15, 0.2) is 5.72 Å². The second kappa shape index (κ2) is 14.6. The van der Waals surface area contributed by atoms with Crippen LogP contribution in [0.3, 0.4) is 0 Å². The molecular formula is C34H48ClN3O10. The number of aliphatic hydroxyl groups is 2. The van der Waals surface area contributed by atoms with Gasteiger partial charge in [0.2, 0.25) is 5.91 Å². The number of allylic oxidation sites excluding steroid dienone is 3. The quantitative estimate of drug-likeness (QED) is 0.307. The van der Waals surface area contributed by atoms with Gasteiger partial charge in [-0.15, -0.1) is 0 Å². The zero-order chi connectivity index (χ0) is 35.7. The van der Waals surface area contributed by atoms with Gasteiger partial charge >= 0.3 is 12.1 Å². The Bertz CT molecular complexity index is 1450. The number of alkyl carbamates (subject to hydrolysis) is 1. The number of amides is 2. The maximum absolute atomic E-state index is 13.4. The summed E-state index contributed by atoms with van der Waals surface area (Å²) in [6.07, 6.45) is 0.273. The molecule has 0 aliphatic carbocycles. The lowest BCUT2D eigenvalue weighted by Crippen LogP contribution is -2.63. The highest BCUT2D eigenvalue weighted by Gasteiger charge is 2.64. The molecular weight excluding hydrogens is 646 g/mol. The normalized spacial score (nSPS) is 34.7. The topological polar surface area (TPSA) is 160 Å². The Morgan fingerprint density at radius 2 is 1.96 bits per heavy atom. The third-order valence-corrected chi connectivity index (χ3v) is 10.2. The standard InChI is InChI=1S/C34H48ClN3O10/c1-18-11-10-12-26(45-9)34(43)17-25(46-32(42)36-34)19(2)30-33(5,48-30)27(47-31(41)20(3)37(6)21(4)39)16-28(40)38(7)23-14-22(13-18)15-24(44-8)29(23)35/h10-12,14-15,19-20,25-28,30,40,43H,13,16-17H2,1-9H3,(H,36,42)/b12-10+,18-11+/t19-,20+,25+,26-,27+,28?,30+,33?,34+/m1/s1. The van der Waals surface area contributed by atoms with Gasteiger partial charge in [0.1, 0.15) is 47.0 Å². The van der Waals surface area contributed by atoms with Crippen molar-refractivity contribution in [3.05, 3.63) is 46.5 Å². The highest BCUT2D eigenvalue weighted by molar-refractivity contribution is 6.34.